The van der Waals surface area contributed by atoms with Crippen LogP contribution in [0.1, 0.15) is 0 Å². The summed E-state index contributed by atoms with van der Waals surface area (Å²) in [5, 5.41) is 1.73. The Balaban J connectivity index is 1.62. The third kappa shape index (κ3) is 3.58. The average molecular weight is 395 g/mol. The van der Waals surface area contributed by atoms with E-state index in [4.69, 9.17) is 9.47 Å². The summed E-state index contributed by atoms with van der Waals surface area (Å²) < 4.78 is 13.5. The molecule has 2 aromatic heterocycles. The van der Waals surface area contributed by atoms with Crippen LogP contribution < -0.4 is 9.64 Å². The molecule has 0 aliphatic rings. The smallest absolute Gasteiger partial charge is 0.248 e. The zero-order chi connectivity index (χ0) is 19.5. The lowest BCUT2D eigenvalue weighted by molar-refractivity contribution is -0.119. The molecule has 2 heterocycles. The van der Waals surface area contributed by atoms with E-state index in [2.05, 4.69) is 4.98 Å². The van der Waals surface area contributed by atoms with E-state index in [1.54, 1.807) is 19.1 Å². The summed E-state index contributed by atoms with van der Waals surface area (Å²) in [4.78, 5) is 19.5. The molecule has 144 valence electrons. The van der Waals surface area contributed by atoms with Gasteiger partial charge in [0.05, 0.1) is 30.5 Å². The van der Waals surface area contributed by atoms with Crippen LogP contribution in [0.4, 0.5) is 5.13 Å². The highest BCUT2D eigenvalue weighted by Crippen LogP contribution is 2.29. The molecule has 0 radical (unpaired) electrons. The number of fused-ring (bicyclic) bond motifs is 2. The van der Waals surface area contributed by atoms with Gasteiger partial charge in [-0.1, -0.05) is 23.5 Å². The van der Waals surface area contributed by atoms with Gasteiger partial charge in [0.15, 0.2) is 5.13 Å². The monoisotopic (exact) mass is 395 g/mol. The number of benzene rings is 2. The Morgan fingerprint density at radius 2 is 2.04 bits per heavy atom. The number of hydrogen-bond donors (Lipinski definition) is 0. The van der Waals surface area contributed by atoms with E-state index < -0.39 is 0 Å². The predicted molar refractivity (Wildman–Crippen MR) is 112 cm³/mol. The second-order valence-electron chi connectivity index (χ2n) is 6.37. The quantitative estimate of drug-likeness (QED) is 0.476. The highest BCUT2D eigenvalue weighted by atomic mass is 32.1. The number of carbonyl (C=O) groups is 1. The van der Waals surface area contributed by atoms with E-state index in [9.17, 15) is 4.79 Å². The summed E-state index contributed by atoms with van der Waals surface area (Å²) in [5.41, 5.74) is 1.89. The van der Waals surface area contributed by atoms with Gasteiger partial charge >= 0.3 is 0 Å². The Bertz CT molecular complexity index is 1090. The van der Waals surface area contributed by atoms with Gasteiger partial charge in [-0.2, -0.15) is 0 Å². The molecule has 0 saturated carbocycles. The molecule has 6 nitrogen and oxygen atoms in total. The van der Waals surface area contributed by atoms with Crippen LogP contribution in [-0.4, -0.2) is 42.8 Å². The topological polar surface area (TPSA) is 56.6 Å². The Labute approximate surface area is 166 Å². The van der Waals surface area contributed by atoms with Gasteiger partial charge in [0.2, 0.25) is 5.91 Å². The summed E-state index contributed by atoms with van der Waals surface area (Å²) in [6.07, 6.45) is 1.93. The number of carbonyl (C=O) groups excluding carboxylic acids is 1. The number of ether oxygens (including phenoxy) is 2. The van der Waals surface area contributed by atoms with E-state index in [-0.39, 0.29) is 12.5 Å². The Morgan fingerprint density at radius 1 is 1.18 bits per heavy atom. The molecular formula is C21H21N3O3S. The van der Waals surface area contributed by atoms with Crippen molar-refractivity contribution in [1.82, 2.24) is 9.55 Å². The molecule has 4 rings (SSSR count). The van der Waals surface area contributed by atoms with Gasteiger partial charge < -0.3 is 14.0 Å². The van der Waals surface area contributed by atoms with Crippen LogP contribution >= 0.6 is 11.3 Å². The largest absolute Gasteiger partial charge is 0.497 e. The van der Waals surface area contributed by atoms with Crippen LogP contribution in [0.25, 0.3) is 21.1 Å². The standard InChI is InChI=1S/C21H21N3O3S/c1-26-12-11-24(21-22-17-5-3-4-6-19(17)28-21)20(25)14-23-10-9-15-13-16(27-2)7-8-18(15)23/h3-10,13H,11-12,14H2,1-2H3. The second kappa shape index (κ2) is 8.00. The first-order valence-corrected chi connectivity index (χ1v) is 9.79. The average Bonchev–Trinajstić information content (AvgIpc) is 3.32. The Hall–Kier alpha value is -2.90. The van der Waals surface area contributed by atoms with Gasteiger partial charge in [-0.05, 0) is 36.4 Å². The van der Waals surface area contributed by atoms with Crippen molar-refractivity contribution in [2.24, 2.45) is 0 Å². The Morgan fingerprint density at radius 3 is 2.82 bits per heavy atom. The van der Waals surface area contributed by atoms with Crippen LogP contribution in [0, 0.1) is 0 Å². The Kier molecular flexibility index (Phi) is 5.27. The number of rotatable bonds is 7. The summed E-state index contributed by atoms with van der Waals surface area (Å²) in [6.45, 7) is 1.14. The lowest BCUT2D eigenvalue weighted by Crippen LogP contribution is -2.36. The molecule has 0 saturated heterocycles. The van der Waals surface area contributed by atoms with Gasteiger partial charge in [0.1, 0.15) is 12.3 Å². The summed E-state index contributed by atoms with van der Waals surface area (Å²) >= 11 is 1.52. The lowest BCUT2D eigenvalue weighted by Gasteiger charge is -2.20. The van der Waals surface area contributed by atoms with Gasteiger partial charge in [-0.15, -0.1) is 0 Å². The predicted octanol–water partition coefficient (Wildman–Crippen LogP) is 3.94. The molecular weight excluding hydrogens is 374 g/mol. The molecule has 0 atom stereocenters. The molecule has 0 spiro atoms. The molecule has 0 bridgehead atoms. The molecule has 7 heteroatoms. The number of anilines is 1. The lowest BCUT2D eigenvalue weighted by atomic mass is 10.2. The number of aromatic nitrogens is 2. The van der Waals surface area contributed by atoms with E-state index in [1.807, 2.05) is 59.3 Å². The summed E-state index contributed by atoms with van der Waals surface area (Å²) in [6, 6.07) is 15.7. The fourth-order valence-electron chi connectivity index (χ4n) is 3.16. The number of nitrogens with zero attached hydrogens (tertiary/aromatic N) is 3. The maximum absolute atomic E-state index is 13.2. The van der Waals surface area contributed by atoms with Crippen LogP contribution in [0.15, 0.2) is 54.7 Å². The minimum absolute atomic E-state index is 0.0237. The van der Waals surface area contributed by atoms with E-state index >= 15 is 0 Å². The minimum atomic E-state index is -0.0237. The van der Waals surface area contributed by atoms with Crippen molar-refractivity contribution in [3.8, 4) is 5.75 Å². The van der Waals surface area contributed by atoms with Crippen molar-refractivity contribution in [2.45, 2.75) is 6.54 Å². The number of thiazole rings is 1. The first kappa shape index (κ1) is 18.5. The number of hydrogen-bond acceptors (Lipinski definition) is 5. The van der Waals surface area contributed by atoms with Crippen LogP contribution in [-0.2, 0) is 16.1 Å². The number of methoxy groups -OCH3 is 2. The van der Waals surface area contributed by atoms with Crippen LogP contribution in [0.5, 0.6) is 5.75 Å². The first-order chi connectivity index (χ1) is 13.7. The molecule has 0 N–H and O–H groups in total. The maximum atomic E-state index is 13.2. The minimum Gasteiger partial charge on any atom is -0.497 e. The van der Waals surface area contributed by atoms with E-state index in [0.29, 0.717) is 18.3 Å². The molecule has 1 amide bonds. The molecule has 2 aromatic carbocycles. The zero-order valence-electron chi connectivity index (χ0n) is 15.8. The van der Waals surface area contributed by atoms with Crippen LogP contribution in [0.3, 0.4) is 0 Å². The molecule has 0 unspecified atom stereocenters. The van der Waals surface area contributed by atoms with Crippen molar-refractivity contribution in [3.05, 3.63) is 54.7 Å². The molecule has 4 aromatic rings. The fraction of sp³-hybridized carbons (Fsp3) is 0.238. The molecule has 28 heavy (non-hydrogen) atoms. The van der Waals surface area contributed by atoms with E-state index in [1.165, 1.54) is 11.3 Å². The van der Waals surface area contributed by atoms with Crippen LogP contribution in [0.2, 0.25) is 0 Å². The van der Waals surface area contributed by atoms with Gasteiger partial charge in [-0.3, -0.25) is 9.69 Å². The SMILES string of the molecule is COCCN(C(=O)Cn1ccc2cc(OC)ccc21)c1nc2ccccc2s1. The van der Waals surface area contributed by atoms with Gasteiger partial charge in [0, 0.05) is 24.2 Å². The normalized spacial score (nSPS) is 11.2. The third-order valence-electron chi connectivity index (χ3n) is 4.62. The number of amides is 1. The van der Waals surface area contributed by atoms with Gasteiger partial charge in [-0.25, -0.2) is 4.98 Å². The summed E-state index contributed by atoms with van der Waals surface area (Å²) in [7, 11) is 3.28. The van der Waals surface area contributed by atoms with Crippen molar-refractivity contribution in [2.75, 3.05) is 32.3 Å². The summed E-state index contributed by atoms with van der Waals surface area (Å²) in [5.74, 6) is 0.775. The first-order valence-electron chi connectivity index (χ1n) is 8.97. The molecule has 0 aliphatic carbocycles. The third-order valence-corrected chi connectivity index (χ3v) is 5.68. The fourth-order valence-corrected chi connectivity index (χ4v) is 4.17. The van der Waals surface area contributed by atoms with Crippen molar-refractivity contribution < 1.29 is 14.3 Å². The van der Waals surface area contributed by atoms with Crippen molar-refractivity contribution >= 4 is 43.5 Å². The van der Waals surface area contributed by atoms with Crippen molar-refractivity contribution in [1.29, 1.82) is 0 Å². The van der Waals surface area contributed by atoms with E-state index in [0.717, 1.165) is 26.9 Å². The molecule has 0 aliphatic heterocycles. The number of para-hydroxylation sites is 1. The second-order valence-corrected chi connectivity index (χ2v) is 7.38. The van der Waals surface area contributed by atoms with Gasteiger partial charge in [0.25, 0.3) is 0 Å². The highest BCUT2D eigenvalue weighted by Gasteiger charge is 2.20. The maximum Gasteiger partial charge on any atom is 0.248 e. The highest BCUT2D eigenvalue weighted by molar-refractivity contribution is 7.22. The zero-order valence-corrected chi connectivity index (χ0v) is 16.6. The molecule has 0 fully saturated rings. The van der Waals surface area contributed by atoms with Crippen molar-refractivity contribution in [3.63, 3.8) is 0 Å².